The van der Waals surface area contributed by atoms with E-state index in [4.69, 9.17) is 5.11 Å². The van der Waals surface area contributed by atoms with Crippen LogP contribution in [0.25, 0.3) is 0 Å². The Balaban J connectivity index is 2.77. The van der Waals surface area contributed by atoms with Gasteiger partial charge in [0.1, 0.15) is 6.04 Å². The highest BCUT2D eigenvalue weighted by Crippen LogP contribution is 2.18. The van der Waals surface area contributed by atoms with Crippen molar-refractivity contribution in [3.8, 4) is 0 Å². The highest BCUT2D eigenvalue weighted by Gasteiger charge is 2.37. The number of carboxylic acid groups (broad SMARTS) is 1. The molecule has 2 atom stereocenters. The van der Waals surface area contributed by atoms with Crippen molar-refractivity contribution in [2.75, 3.05) is 6.54 Å². The van der Waals surface area contributed by atoms with Gasteiger partial charge in [-0.1, -0.05) is 6.58 Å². The second kappa shape index (κ2) is 3.57. The van der Waals surface area contributed by atoms with Crippen LogP contribution in [0, 0.1) is 0 Å². The maximum atomic E-state index is 11.1. The van der Waals surface area contributed by atoms with Crippen molar-refractivity contribution in [2.24, 2.45) is 0 Å². The number of aliphatic hydroxyl groups is 1. The maximum Gasteiger partial charge on any atom is 0.326 e. The summed E-state index contributed by atoms with van der Waals surface area (Å²) in [5.41, 5.74) is 0. The number of carboxylic acids is 1. The molecule has 1 amide bonds. The molecule has 1 saturated heterocycles. The van der Waals surface area contributed by atoms with Crippen LogP contribution in [0.1, 0.15) is 6.42 Å². The van der Waals surface area contributed by atoms with Gasteiger partial charge in [0.15, 0.2) is 0 Å². The molecule has 0 aliphatic carbocycles. The number of aliphatic hydroxyl groups excluding tert-OH is 1. The lowest BCUT2D eigenvalue weighted by molar-refractivity contribution is -0.146. The van der Waals surface area contributed by atoms with Crippen molar-refractivity contribution in [3.63, 3.8) is 0 Å². The van der Waals surface area contributed by atoms with Crippen LogP contribution in [0.5, 0.6) is 0 Å². The van der Waals surface area contributed by atoms with Crippen LogP contribution in [0.4, 0.5) is 0 Å². The molecule has 13 heavy (non-hydrogen) atoms. The molecule has 72 valence electrons. The minimum absolute atomic E-state index is 0.0713. The van der Waals surface area contributed by atoms with Gasteiger partial charge >= 0.3 is 5.97 Å². The Morgan fingerprint density at radius 3 is 2.62 bits per heavy atom. The Hall–Kier alpha value is -1.36. The summed E-state index contributed by atoms with van der Waals surface area (Å²) in [4.78, 5) is 22.9. The number of likely N-dealkylation sites (tertiary alicyclic amines) is 1. The zero-order valence-electron chi connectivity index (χ0n) is 7.01. The van der Waals surface area contributed by atoms with Gasteiger partial charge in [-0.05, 0) is 6.08 Å². The molecule has 1 fully saturated rings. The minimum atomic E-state index is -1.09. The van der Waals surface area contributed by atoms with Gasteiger partial charge in [-0.2, -0.15) is 0 Å². The van der Waals surface area contributed by atoms with Gasteiger partial charge in [-0.3, -0.25) is 4.79 Å². The molecule has 5 nitrogen and oxygen atoms in total. The predicted molar refractivity (Wildman–Crippen MR) is 44.0 cm³/mol. The zero-order valence-corrected chi connectivity index (χ0v) is 7.01. The van der Waals surface area contributed by atoms with E-state index >= 15 is 0 Å². The minimum Gasteiger partial charge on any atom is -0.480 e. The van der Waals surface area contributed by atoms with Gasteiger partial charge in [-0.25, -0.2) is 4.79 Å². The summed E-state index contributed by atoms with van der Waals surface area (Å²) in [7, 11) is 0. The van der Waals surface area contributed by atoms with Crippen molar-refractivity contribution >= 4 is 11.9 Å². The zero-order chi connectivity index (χ0) is 10.0. The summed E-state index contributed by atoms with van der Waals surface area (Å²) in [6, 6.07) is -0.916. The van der Waals surface area contributed by atoms with Crippen LogP contribution in [0.2, 0.25) is 0 Å². The van der Waals surface area contributed by atoms with Crippen molar-refractivity contribution < 1.29 is 19.8 Å². The fourth-order valence-corrected chi connectivity index (χ4v) is 1.41. The molecule has 0 bridgehead atoms. The van der Waals surface area contributed by atoms with Gasteiger partial charge in [0, 0.05) is 13.0 Å². The molecule has 1 rings (SSSR count). The van der Waals surface area contributed by atoms with Crippen LogP contribution >= 0.6 is 0 Å². The molecule has 2 N–H and O–H groups in total. The average Bonchev–Trinajstić information content (AvgIpc) is 2.46. The molecular weight excluding hydrogens is 174 g/mol. The molecule has 0 radical (unpaired) electrons. The average molecular weight is 185 g/mol. The molecule has 5 heteroatoms. The first-order chi connectivity index (χ1) is 6.06. The van der Waals surface area contributed by atoms with E-state index in [1.165, 1.54) is 0 Å². The third-order valence-electron chi connectivity index (χ3n) is 2.02. The first kappa shape index (κ1) is 9.73. The molecule has 1 aliphatic heterocycles. The normalized spacial score (nSPS) is 27.3. The Kier molecular flexibility index (Phi) is 2.67. The molecule has 0 unspecified atom stereocenters. The smallest absolute Gasteiger partial charge is 0.326 e. The number of nitrogens with zero attached hydrogens (tertiary/aromatic N) is 1. The Morgan fingerprint density at radius 1 is 1.54 bits per heavy atom. The van der Waals surface area contributed by atoms with E-state index < -0.39 is 24.0 Å². The highest BCUT2D eigenvalue weighted by atomic mass is 16.4. The van der Waals surface area contributed by atoms with E-state index in [9.17, 15) is 14.7 Å². The number of hydrogen-bond acceptors (Lipinski definition) is 3. The first-order valence-corrected chi connectivity index (χ1v) is 3.90. The van der Waals surface area contributed by atoms with Crippen molar-refractivity contribution in [1.29, 1.82) is 0 Å². The van der Waals surface area contributed by atoms with E-state index in [1.807, 2.05) is 0 Å². The molecule has 1 heterocycles. The fraction of sp³-hybridized carbons (Fsp3) is 0.500. The van der Waals surface area contributed by atoms with E-state index in [2.05, 4.69) is 6.58 Å². The second-order valence-electron chi connectivity index (χ2n) is 2.94. The van der Waals surface area contributed by atoms with Gasteiger partial charge in [0.2, 0.25) is 5.91 Å². The molecule has 0 aromatic heterocycles. The third-order valence-corrected chi connectivity index (χ3v) is 2.02. The van der Waals surface area contributed by atoms with Gasteiger partial charge in [-0.15, -0.1) is 0 Å². The summed E-state index contributed by atoms with van der Waals surface area (Å²) >= 11 is 0. The summed E-state index contributed by atoms with van der Waals surface area (Å²) in [5.74, 6) is -1.55. The molecular formula is C8H11NO4. The lowest BCUT2D eigenvalue weighted by Gasteiger charge is -2.18. The number of β-amino-alcohol motifs (C(OH)–C–C–N with tert-alkyl or cyclic N) is 1. The van der Waals surface area contributed by atoms with Crippen LogP contribution in [0.3, 0.4) is 0 Å². The van der Waals surface area contributed by atoms with Crippen LogP contribution in [0.15, 0.2) is 12.7 Å². The fourth-order valence-electron chi connectivity index (χ4n) is 1.41. The first-order valence-electron chi connectivity index (χ1n) is 3.90. The van der Waals surface area contributed by atoms with Crippen molar-refractivity contribution in [3.05, 3.63) is 12.7 Å². The summed E-state index contributed by atoms with van der Waals surface area (Å²) in [5, 5.41) is 17.9. The number of carbonyl (C=O) groups is 2. The van der Waals surface area contributed by atoms with Crippen LogP contribution in [-0.2, 0) is 9.59 Å². The Labute approximate surface area is 75.3 Å². The quantitative estimate of drug-likeness (QED) is 0.553. The van der Waals surface area contributed by atoms with Gasteiger partial charge in [0.05, 0.1) is 6.10 Å². The lowest BCUT2D eigenvalue weighted by Crippen LogP contribution is -2.39. The third kappa shape index (κ3) is 1.86. The number of hydrogen-bond donors (Lipinski definition) is 2. The van der Waals surface area contributed by atoms with E-state index in [0.29, 0.717) is 0 Å². The van der Waals surface area contributed by atoms with E-state index in [-0.39, 0.29) is 13.0 Å². The Morgan fingerprint density at radius 2 is 2.15 bits per heavy atom. The molecule has 0 aromatic rings. The number of amides is 1. The van der Waals surface area contributed by atoms with Crippen molar-refractivity contribution in [1.82, 2.24) is 4.90 Å². The highest BCUT2D eigenvalue weighted by molar-refractivity contribution is 5.91. The molecule has 0 aromatic carbocycles. The predicted octanol–water partition coefficient (Wildman–Crippen LogP) is -0.781. The van der Waals surface area contributed by atoms with E-state index in [0.717, 1.165) is 11.0 Å². The number of aliphatic carboxylic acids is 1. The van der Waals surface area contributed by atoms with Crippen molar-refractivity contribution in [2.45, 2.75) is 18.6 Å². The number of rotatable bonds is 2. The van der Waals surface area contributed by atoms with Crippen LogP contribution in [-0.4, -0.2) is 45.7 Å². The molecule has 0 spiro atoms. The van der Waals surface area contributed by atoms with Crippen LogP contribution < -0.4 is 0 Å². The summed E-state index contributed by atoms with van der Waals surface area (Å²) in [6.07, 6.45) is 0.396. The summed E-state index contributed by atoms with van der Waals surface area (Å²) in [6.45, 7) is 3.33. The molecule has 0 saturated carbocycles. The monoisotopic (exact) mass is 185 g/mol. The van der Waals surface area contributed by atoms with E-state index in [1.54, 1.807) is 0 Å². The lowest BCUT2D eigenvalue weighted by atomic mass is 10.2. The largest absolute Gasteiger partial charge is 0.480 e. The van der Waals surface area contributed by atoms with Gasteiger partial charge < -0.3 is 15.1 Å². The second-order valence-corrected chi connectivity index (χ2v) is 2.94. The summed E-state index contributed by atoms with van der Waals surface area (Å²) < 4.78 is 0. The Bertz CT molecular complexity index is 251. The maximum absolute atomic E-state index is 11.1. The SMILES string of the molecule is C=CC(=O)N1C[C@@H](O)C[C@@H]1C(=O)O. The molecule has 1 aliphatic rings. The van der Waals surface area contributed by atoms with Gasteiger partial charge in [0.25, 0.3) is 0 Å². The topological polar surface area (TPSA) is 77.8 Å². The standard InChI is InChI=1S/C8H11NO4/c1-2-7(11)9-4-5(10)3-6(9)8(12)13/h2,5-6,10H,1,3-4H2,(H,12,13)/t5-,6+/m0/s1. The number of carbonyl (C=O) groups excluding carboxylic acids is 1.